The van der Waals surface area contributed by atoms with E-state index in [0.29, 0.717) is 5.75 Å². The lowest BCUT2D eigenvalue weighted by Gasteiger charge is -2.14. The van der Waals surface area contributed by atoms with Crippen LogP contribution in [0.2, 0.25) is 0 Å². The number of hydrogen-bond acceptors (Lipinski definition) is 3. The van der Waals surface area contributed by atoms with Gasteiger partial charge in [0.1, 0.15) is 12.4 Å². The van der Waals surface area contributed by atoms with E-state index in [9.17, 15) is 8.42 Å². The van der Waals surface area contributed by atoms with Crippen molar-refractivity contribution in [1.82, 2.24) is 4.72 Å². The van der Waals surface area contributed by atoms with Crippen LogP contribution >= 0.6 is 0 Å². The number of hydrogen-bond donors (Lipinski definition) is 1. The minimum atomic E-state index is -3.37. The van der Waals surface area contributed by atoms with Crippen molar-refractivity contribution in [2.45, 2.75) is 13.0 Å². The van der Waals surface area contributed by atoms with Gasteiger partial charge in [0.25, 0.3) is 0 Å². The molecule has 0 radical (unpaired) electrons. The molecule has 2 aromatic carbocycles. The minimum absolute atomic E-state index is 0.0704. The molecular weight excluding hydrogens is 286 g/mol. The van der Waals surface area contributed by atoms with E-state index < -0.39 is 10.0 Å². The zero-order chi connectivity index (χ0) is 15.1. The molecule has 2 rings (SSSR count). The number of sulfonamides is 1. The highest BCUT2D eigenvalue weighted by Gasteiger charge is 2.15. The quantitative estimate of drug-likeness (QED) is 0.856. The molecule has 0 fully saturated rings. The van der Waals surface area contributed by atoms with Crippen molar-refractivity contribution < 1.29 is 13.2 Å². The first-order valence-corrected chi connectivity index (χ1v) is 8.45. The van der Waals surface area contributed by atoms with Gasteiger partial charge < -0.3 is 4.74 Å². The Hall–Kier alpha value is -1.85. The van der Waals surface area contributed by atoms with E-state index >= 15 is 0 Å². The molecule has 0 bridgehead atoms. The molecule has 0 saturated heterocycles. The number of benzene rings is 2. The van der Waals surface area contributed by atoms with Crippen LogP contribution in [0.3, 0.4) is 0 Å². The van der Waals surface area contributed by atoms with Gasteiger partial charge in [-0.15, -0.1) is 0 Å². The van der Waals surface area contributed by atoms with Crippen LogP contribution in [-0.2, 0) is 10.0 Å². The molecule has 5 heteroatoms. The van der Waals surface area contributed by atoms with Crippen molar-refractivity contribution in [3.8, 4) is 5.75 Å². The summed E-state index contributed by atoms with van der Waals surface area (Å²) in [5.41, 5.74) is 0.935. The van der Waals surface area contributed by atoms with Crippen molar-refractivity contribution in [1.29, 1.82) is 0 Å². The molecule has 0 aliphatic carbocycles. The fourth-order valence-electron chi connectivity index (χ4n) is 1.92. The lowest BCUT2D eigenvalue weighted by molar-refractivity contribution is 0.340. The lowest BCUT2D eigenvalue weighted by atomic mass is 10.1. The third kappa shape index (κ3) is 5.21. The summed E-state index contributed by atoms with van der Waals surface area (Å²) in [4.78, 5) is 0. The average molecular weight is 305 g/mol. The van der Waals surface area contributed by atoms with Gasteiger partial charge in [0, 0.05) is 6.04 Å². The van der Waals surface area contributed by atoms with Gasteiger partial charge in [-0.05, 0) is 24.6 Å². The van der Waals surface area contributed by atoms with Crippen molar-refractivity contribution in [3.05, 3.63) is 66.2 Å². The average Bonchev–Trinajstić information content (AvgIpc) is 2.48. The van der Waals surface area contributed by atoms with Gasteiger partial charge in [-0.3, -0.25) is 0 Å². The minimum Gasteiger partial charge on any atom is -0.492 e. The smallest absolute Gasteiger partial charge is 0.215 e. The number of para-hydroxylation sites is 1. The Balaban J connectivity index is 1.85. The molecule has 4 nitrogen and oxygen atoms in total. The van der Waals surface area contributed by atoms with E-state index in [1.54, 1.807) is 12.1 Å². The normalized spacial score (nSPS) is 12.8. The van der Waals surface area contributed by atoms with E-state index in [2.05, 4.69) is 4.72 Å². The van der Waals surface area contributed by atoms with Crippen molar-refractivity contribution >= 4 is 10.0 Å². The van der Waals surface area contributed by atoms with Crippen LogP contribution in [-0.4, -0.2) is 20.8 Å². The van der Waals surface area contributed by atoms with E-state index in [4.69, 9.17) is 4.74 Å². The van der Waals surface area contributed by atoms with E-state index in [-0.39, 0.29) is 18.4 Å². The predicted molar refractivity (Wildman–Crippen MR) is 83.7 cm³/mol. The van der Waals surface area contributed by atoms with E-state index in [0.717, 1.165) is 5.56 Å². The Labute approximate surface area is 125 Å². The third-order valence-electron chi connectivity index (χ3n) is 3.02. The molecule has 2 aromatic rings. The molecule has 112 valence electrons. The number of ether oxygens (including phenoxy) is 1. The fraction of sp³-hybridized carbons (Fsp3) is 0.250. The van der Waals surface area contributed by atoms with Gasteiger partial charge >= 0.3 is 0 Å². The molecule has 0 spiro atoms. The molecule has 0 aliphatic rings. The van der Waals surface area contributed by atoms with Crippen molar-refractivity contribution in [2.75, 3.05) is 12.4 Å². The lowest BCUT2D eigenvalue weighted by Crippen LogP contribution is -2.31. The molecule has 0 saturated carbocycles. The van der Waals surface area contributed by atoms with E-state index in [1.807, 2.05) is 55.5 Å². The highest BCUT2D eigenvalue weighted by Crippen LogP contribution is 2.13. The molecule has 1 N–H and O–H groups in total. The topological polar surface area (TPSA) is 55.4 Å². The summed E-state index contributed by atoms with van der Waals surface area (Å²) in [7, 11) is -3.37. The van der Waals surface area contributed by atoms with Crippen molar-refractivity contribution in [3.63, 3.8) is 0 Å². The SMILES string of the molecule is CC(NS(=O)(=O)CCOc1ccccc1)c1ccccc1. The Kier molecular flexibility index (Phi) is 5.36. The van der Waals surface area contributed by atoms with Gasteiger partial charge in [0.15, 0.2) is 0 Å². The highest BCUT2D eigenvalue weighted by molar-refractivity contribution is 7.89. The Morgan fingerprint density at radius 2 is 1.57 bits per heavy atom. The van der Waals surface area contributed by atoms with Gasteiger partial charge in [-0.2, -0.15) is 0 Å². The van der Waals surface area contributed by atoms with E-state index in [1.165, 1.54) is 0 Å². The Bertz CT molecular complexity index is 642. The summed E-state index contributed by atoms with van der Waals surface area (Å²) in [5.74, 6) is 0.600. The van der Waals surface area contributed by atoms with Crippen LogP contribution in [0.25, 0.3) is 0 Å². The second-order valence-electron chi connectivity index (χ2n) is 4.73. The second-order valence-corrected chi connectivity index (χ2v) is 6.60. The first kappa shape index (κ1) is 15.5. The largest absolute Gasteiger partial charge is 0.492 e. The summed E-state index contributed by atoms with van der Waals surface area (Å²) < 4.78 is 32.1. The van der Waals surface area contributed by atoms with Crippen LogP contribution in [0.4, 0.5) is 0 Å². The standard InChI is InChI=1S/C16H19NO3S/c1-14(15-8-4-2-5-9-15)17-21(18,19)13-12-20-16-10-6-3-7-11-16/h2-11,14,17H,12-13H2,1H3. The van der Waals surface area contributed by atoms with Crippen LogP contribution < -0.4 is 9.46 Å². The van der Waals surface area contributed by atoms with Gasteiger partial charge in [-0.25, -0.2) is 13.1 Å². The molecular formula is C16H19NO3S. The molecule has 0 aliphatic heterocycles. The van der Waals surface area contributed by atoms with Crippen LogP contribution in [0.15, 0.2) is 60.7 Å². The third-order valence-corrected chi connectivity index (χ3v) is 4.44. The Morgan fingerprint density at radius 3 is 2.19 bits per heavy atom. The summed E-state index contributed by atoms with van der Waals surface area (Å²) in [6.45, 7) is 1.95. The summed E-state index contributed by atoms with van der Waals surface area (Å²) in [6.07, 6.45) is 0. The summed E-state index contributed by atoms with van der Waals surface area (Å²) >= 11 is 0. The second kappa shape index (κ2) is 7.24. The van der Waals surface area contributed by atoms with Crippen LogP contribution in [0.5, 0.6) is 5.75 Å². The predicted octanol–water partition coefficient (Wildman–Crippen LogP) is 2.75. The molecule has 0 amide bonds. The van der Waals surface area contributed by atoms with Gasteiger partial charge in [-0.1, -0.05) is 48.5 Å². The maximum atomic E-state index is 12.0. The maximum absolute atomic E-state index is 12.0. The fourth-order valence-corrected chi connectivity index (χ4v) is 3.02. The highest BCUT2D eigenvalue weighted by atomic mass is 32.2. The Morgan fingerprint density at radius 1 is 1.00 bits per heavy atom. The summed E-state index contributed by atoms with van der Waals surface area (Å²) in [5, 5.41) is 0. The zero-order valence-corrected chi connectivity index (χ0v) is 12.7. The van der Waals surface area contributed by atoms with Crippen LogP contribution in [0.1, 0.15) is 18.5 Å². The molecule has 0 heterocycles. The molecule has 0 aromatic heterocycles. The van der Waals surface area contributed by atoms with Gasteiger partial charge in [0.2, 0.25) is 10.0 Å². The monoisotopic (exact) mass is 305 g/mol. The first-order valence-electron chi connectivity index (χ1n) is 6.79. The maximum Gasteiger partial charge on any atom is 0.215 e. The molecule has 1 unspecified atom stereocenters. The van der Waals surface area contributed by atoms with Crippen LogP contribution in [0, 0.1) is 0 Å². The van der Waals surface area contributed by atoms with Gasteiger partial charge in [0.05, 0.1) is 5.75 Å². The number of rotatable bonds is 7. The first-order chi connectivity index (χ1) is 10.1. The summed E-state index contributed by atoms with van der Waals surface area (Å²) in [6, 6.07) is 18.4. The molecule has 1 atom stereocenters. The zero-order valence-electron chi connectivity index (χ0n) is 11.9. The molecule has 21 heavy (non-hydrogen) atoms. The van der Waals surface area contributed by atoms with Crippen molar-refractivity contribution in [2.24, 2.45) is 0 Å². The number of nitrogens with one attached hydrogen (secondary N) is 1.